The van der Waals surface area contributed by atoms with Crippen molar-refractivity contribution in [3.8, 4) is 11.5 Å². The molecule has 0 aliphatic carbocycles. The van der Waals surface area contributed by atoms with Gasteiger partial charge in [-0.3, -0.25) is 9.67 Å². The minimum Gasteiger partial charge on any atom is -0.493 e. The van der Waals surface area contributed by atoms with Gasteiger partial charge in [0.15, 0.2) is 17.5 Å². The number of hydrogen-bond donors (Lipinski definition) is 1. The second-order valence-corrected chi connectivity index (χ2v) is 8.23. The number of aliphatic imine (C=N–C) groups is 1. The average molecular weight is 400 g/mol. The molecular weight excluding hydrogens is 366 g/mol. The summed E-state index contributed by atoms with van der Waals surface area (Å²) in [5.41, 5.74) is 2.39. The number of nitrogens with one attached hydrogen (secondary N) is 1. The van der Waals surface area contributed by atoms with Crippen LogP contribution >= 0.6 is 0 Å². The van der Waals surface area contributed by atoms with Gasteiger partial charge in [-0.1, -0.05) is 19.9 Å². The minimum atomic E-state index is -0.0992. The van der Waals surface area contributed by atoms with Crippen LogP contribution in [0.15, 0.2) is 35.6 Å². The quantitative estimate of drug-likeness (QED) is 0.598. The predicted molar refractivity (Wildman–Crippen MR) is 116 cm³/mol. The molecule has 3 rings (SSSR count). The Hall–Kier alpha value is -2.70. The van der Waals surface area contributed by atoms with E-state index in [0.717, 1.165) is 43.5 Å². The second-order valence-electron chi connectivity index (χ2n) is 8.23. The van der Waals surface area contributed by atoms with Crippen LogP contribution < -0.4 is 14.8 Å². The van der Waals surface area contributed by atoms with E-state index >= 15 is 0 Å². The van der Waals surface area contributed by atoms with E-state index in [0.29, 0.717) is 5.92 Å². The number of hydrogen-bond acceptors (Lipinski definition) is 4. The van der Waals surface area contributed by atoms with Gasteiger partial charge in [0, 0.05) is 51.3 Å². The fraction of sp³-hybridized carbons (Fsp3) is 0.545. The van der Waals surface area contributed by atoms with Gasteiger partial charge in [-0.25, -0.2) is 0 Å². The molecule has 7 heteroatoms. The molecule has 0 bridgehead atoms. The van der Waals surface area contributed by atoms with Crippen molar-refractivity contribution in [2.75, 3.05) is 40.9 Å². The van der Waals surface area contributed by atoms with Crippen molar-refractivity contribution in [2.24, 2.45) is 12.0 Å². The second kappa shape index (κ2) is 8.76. The Morgan fingerprint density at radius 3 is 2.66 bits per heavy atom. The lowest BCUT2D eigenvalue weighted by Crippen LogP contribution is -2.45. The molecule has 1 fully saturated rings. The molecule has 1 aromatic carbocycles. The lowest BCUT2D eigenvalue weighted by atomic mass is 9.84. The monoisotopic (exact) mass is 399 g/mol. The first-order valence-corrected chi connectivity index (χ1v) is 10.0. The van der Waals surface area contributed by atoms with Crippen molar-refractivity contribution in [1.82, 2.24) is 20.0 Å². The van der Waals surface area contributed by atoms with E-state index in [1.807, 2.05) is 31.0 Å². The van der Waals surface area contributed by atoms with Crippen molar-refractivity contribution in [3.63, 3.8) is 0 Å². The molecule has 1 atom stereocenters. The Kier molecular flexibility index (Phi) is 6.35. The number of aryl methyl sites for hydroxylation is 1. The molecular formula is C22H33N5O2. The Labute approximate surface area is 173 Å². The van der Waals surface area contributed by atoms with Crippen LogP contribution in [0.1, 0.15) is 37.3 Å². The minimum absolute atomic E-state index is 0.0992. The molecule has 1 N–H and O–H groups in total. The maximum absolute atomic E-state index is 5.47. The molecule has 2 aromatic rings. The van der Waals surface area contributed by atoms with Crippen LogP contribution in [-0.2, 0) is 12.5 Å². The molecule has 1 saturated heterocycles. The summed E-state index contributed by atoms with van der Waals surface area (Å²) in [4.78, 5) is 6.86. The highest BCUT2D eigenvalue weighted by Crippen LogP contribution is 2.33. The fourth-order valence-electron chi connectivity index (χ4n) is 3.87. The predicted octanol–water partition coefficient (Wildman–Crippen LogP) is 2.78. The maximum atomic E-state index is 5.47. The number of methoxy groups -OCH3 is 2. The first-order chi connectivity index (χ1) is 13.9. The summed E-state index contributed by atoms with van der Waals surface area (Å²) in [6.45, 7) is 7.16. The molecule has 1 aliphatic rings. The number of benzene rings is 1. The van der Waals surface area contributed by atoms with Gasteiger partial charge in [0.25, 0.3) is 0 Å². The van der Waals surface area contributed by atoms with Gasteiger partial charge >= 0.3 is 0 Å². The standard InChI is InChI=1S/C22H33N5O2/c1-22(2,18-7-8-19(28-5)20(11-18)29-6)15-24-21(23-3)27-10-9-16(14-27)17-12-25-26(4)13-17/h7-8,11-13,16H,9-10,14-15H2,1-6H3,(H,23,24). The number of rotatable bonds is 6. The molecule has 158 valence electrons. The van der Waals surface area contributed by atoms with Gasteiger partial charge in [0.05, 0.1) is 20.4 Å². The highest BCUT2D eigenvalue weighted by molar-refractivity contribution is 5.80. The summed E-state index contributed by atoms with van der Waals surface area (Å²) in [5, 5.41) is 7.89. The third kappa shape index (κ3) is 4.66. The number of guanidine groups is 1. The van der Waals surface area contributed by atoms with E-state index in [1.54, 1.807) is 14.2 Å². The maximum Gasteiger partial charge on any atom is 0.193 e. The van der Waals surface area contributed by atoms with Crippen molar-refractivity contribution in [3.05, 3.63) is 41.7 Å². The zero-order valence-corrected chi connectivity index (χ0v) is 18.4. The molecule has 7 nitrogen and oxygen atoms in total. The number of likely N-dealkylation sites (tertiary alicyclic amines) is 1. The Bertz CT molecular complexity index is 859. The number of nitrogens with zero attached hydrogens (tertiary/aromatic N) is 4. The molecule has 0 amide bonds. The number of ether oxygens (including phenoxy) is 2. The van der Waals surface area contributed by atoms with Crippen molar-refractivity contribution in [1.29, 1.82) is 0 Å². The van der Waals surface area contributed by atoms with Gasteiger partial charge < -0.3 is 19.7 Å². The van der Waals surface area contributed by atoms with E-state index in [9.17, 15) is 0 Å². The van der Waals surface area contributed by atoms with Crippen LogP contribution in [0.3, 0.4) is 0 Å². The summed E-state index contributed by atoms with van der Waals surface area (Å²) in [5.74, 6) is 2.95. The molecule has 1 aliphatic heterocycles. The summed E-state index contributed by atoms with van der Waals surface area (Å²) in [6, 6.07) is 6.11. The molecule has 1 aromatic heterocycles. The van der Waals surface area contributed by atoms with Gasteiger partial charge in [-0.2, -0.15) is 5.10 Å². The smallest absolute Gasteiger partial charge is 0.193 e. The Morgan fingerprint density at radius 1 is 1.28 bits per heavy atom. The van der Waals surface area contributed by atoms with Crippen LogP contribution in [-0.4, -0.2) is 61.5 Å². The van der Waals surface area contributed by atoms with E-state index < -0.39 is 0 Å². The Balaban J connectivity index is 1.64. The average Bonchev–Trinajstić information content (AvgIpc) is 3.37. The largest absolute Gasteiger partial charge is 0.493 e. The zero-order chi connectivity index (χ0) is 21.0. The van der Waals surface area contributed by atoms with E-state index in [1.165, 1.54) is 11.1 Å². The van der Waals surface area contributed by atoms with Crippen LogP contribution in [0.5, 0.6) is 11.5 Å². The van der Waals surface area contributed by atoms with Crippen LogP contribution in [0, 0.1) is 0 Å². The Morgan fingerprint density at radius 2 is 2.03 bits per heavy atom. The summed E-state index contributed by atoms with van der Waals surface area (Å²) < 4.78 is 12.7. The summed E-state index contributed by atoms with van der Waals surface area (Å²) in [7, 11) is 7.14. The lowest BCUT2D eigenvalue weighted by molar-refractivity contribution is 0.353. The van der Waals surface area contributed by atoms with Gasteiger partial charge in [-0.05, 0) is 29.7 Å². The SMILES string of the molecule is CN=C(NCC(C)(C)c1ccc(OC)c(OC)c1)N1CCC(c2cnn(C)c2)C1. The van der Waals surface area contributed by atoms with Crippen LogP contribution in [0.2, 0.25) is 0 Å². The topological polar surface area (TPSA) is 63.9 Å². The van der Waals surface area contributed by atoms with Crippen molar-refractivity contribution >= 4 is 5.96 Å². The third-order valence-corrected chi connectivity index (χ3v) is 5.75. The van der Waals surface area contributed by atoms with Gasteiger partial charge in [0.2, 0.25) is 0 Å². The zero-order valence-electron chi connectivity index (χ0n) is 18.4. The summed E-state index contributed by atoms with van der Waals surface area (Å²) >= 11 is 0. The first-order valence-electron chi connectivity index (χ1n) is 10.0. The fourth-order valence-corrected chi connectivity index (χ4v) is 3.87. The van der Waals surface area contributed by atoms with E-state index in [-0.39, 0.29) is 5.41 Å². The normalized spacial score (nSPS) is 17.5. The highest BCUT2D eigenvalue weighted by Gasteiger charge is 2.28. The first kappa shape index (κ1) is 21.0. The van der Waals surface area contributed by atoms with Crippen LogP contribution in [0.25, 0.3) is 0 Å². The summed E-state index contributed by atoms with van der Waals surface area (Å²) in [6.07, 6.45) is 5.21. The third-order valence-electron chi connectivity index (χ3n) is 5.75. The van der Waals surface area contributed by atoms with Crippen molar-refractivity contribution < 1.29 is 9.47 Å². The molecule has 29 heavy (non-hydrogen) atoms. The number of aromatic nitrogens is 2. The van der Waals surface area contributed by atoms with Crippen LogP contribution in [0.4, 0.5) is 0 Å². The lowest BCUT2D eigenvalue weighted by Gasteiger charge is -2.29. The molecule has 1 unspecified atom stereocenters. The molecule has 0 radical (unpaired) electrons. The van der Waals surface area contributed by atoms with Crippen molar-refractivity contribution in [2.45, 2.75) is 31.6 Å². The molecule has 0 spiro atoms. The molecule has 2 heterocycles. The molecule has 0 saturated carbocycles. The highest BCUT2D eigenvalue weighted by atomic mass is 16.5. The van der Waals surface area contributed by atoms with Gasteiger partial charge in [0.1, 0.15) is 0 Å². The van der Waals surface area contributed by atoms with E-state index in [4.69, 9.17) is 9.47 Å². The van der Waals surface area contributed by atoms with Gasteiger partial charge in [-0.15, -0.1) is 0 Å². The van der Waals surface area contributed by atoms with E-state index in [2.05, 4.69) is 52.5 Å².